The second-order valence-electron chi connectivity index (χ2n) is 9.71. The van der Waals surface area contributed by atoms with E-state index in [9.17, 15) is 0 Å². The van der Waals surface area contributed by atoms with E-state index in [0.29, 0.717) is 13.2 Å². The molecule has 0 radical (unpaired) electrons. The van der Waals surface area contributed by atoms with Crippen LogP contribution in [0.2, 0.25) is 0 Å². The van der Waals surface area contributed by atoms with Crippen molar-refractivity contribution in [1.82, 2.24) is 4.90 Å². The van der Waals surface area contributed by atoms with Crippen LogP contribution < -0.4 is 0 Å². The number of rotatable bonds is 27. The molecule has 0 unspecified atom stereocenters. The molecule has 0 bridgehead atoms. The third kappa shape index (κ3) is 26.0. The van der Waals surface area contributed by atoms with E-state index in [2.05, 4.69) is 11.8 Å². The molecule has 0 saturated carbocycles. The Labute approximate surface area is 196 Å². The van der Waals surface area contributed by atoms with Crippen LogP contribution in [0.5, 0.6) is 0 Å². The summed E-state index contributed by atoms with van der Waals surface area (Å²) in [6, 6.07) is 0. The molecule has 3 heteroatoms. The zero-order valence-electron chi connectivity index (χ0n) is 21.4. The van der Waals surface area contributed by atoms with E-state index in [0.717, 1.165) is 12.8 Å². The molecule has 2 N–H and O–H groups in total. The average molecular weight is 442 g/mol. The van der Waals surface area contributed by atoms with Gasteiger partial charge in [-0.25, -0.2) is 0 Å². The van der Waals surface area contributed by atoms with E-state index < -0.39 is 0 Å². The molecule has 0 saturated heterocycles. The molecule has 0 rings (SSSR count). The molecule has 0 aromatic heterocycles. The quantitative estimate of drug-likeness (QED) is 0.127. The summed E-state index contributed by atoms with van der Waals surface area (Å²) < 4.78 is 0. The highest BCUT2D eigenvalue weighted by Crippen LogP contribution is 2.13. The van der Waals surface area contributed by atoms with Gasteiger partial charge in [0.05, 0.1) is 0 Å². The van der Waals surface area contributed by atoms with Crippen molar-refractivity contribution >= 4 is 0 Å². The van der Waals surface area contributed by atoms with Crippen LogP contribution in [0.25, 0.3) is 0 Å². The fourth-order valence-corrected chi connectivity index (χ4v) is 4.47. The number of unbranched alkanes of at least 4 members (excludes halogenated alkanes) is 19. The zero-order valence-corrected chi connectivity index (χ0v) is 21.4. The second kappa shape index (κ2) is 27.9. The maximum absolute atomic E-state index is 8.93. The Hall–Kier alpha value is -0.120. The Morgan fingerprint density at radius 2 is 0.613 bits per heavy atom. The summed E-state index contributed by atoms with van der Waals surface area (Å²) in [5, 5.41) is 17.9. The molecule has 0 aliphatic heterocycles. The number of hydrogen-bond acceptors (Lipinski definition) is 3. The van der Waals surface area contributed by atoms with Gasteiger partial charge in [0.1, 0.15) is 0 Å². The van der Waals surface area contributed by atoms with E-state index in [4.69, 9.17) is 10.2 Å². The Bertz CT molecular complexity index is 297. The molecule has 0 atom stereocenters. The van der Waals surface area contributed by atoms with Gasteiger partial charge in [-0.2, -0.15) is 0 Å². The van der Waals surface area contributed by atoms with Crippen molar-refractivity contribution in [3.05, 3.63) is 0 Å². The van der Waals surface area contributed by atoms with Crippen LogP contribution in [0.3, 0.4) is 0 Å². The summed E-state index contributed by atoms with van der Waals surface area (Å²) in [6.45, 7) is 6.69. The van der Waals surface area contributed by atoms with E-state index in [1.807, 2.05) is 0 Å². The molecule has 3 nitrogen and oxygen atoms in total. The molecule has 0 aromatic rings. The van der Waals surface area contributed by atoms with E-state index in [-0.39, 0.29) is 0 Å². The summed E-state index contributed by atoms with van der Waals surface area (Å²) >= 11 is 0. The highest BCUT2D eigenvalue weighted by Gasteiger charge is 2.05. The smallest absolute Gasteiger partial charge is 0.0431 e. The van der Waals surface area contributed by atoms with E-state index in [1.54, 1.807) is 0 Å². The van der Waals surface area contributed by atoms with Gasteiger partial charge >= 0.3 is 0 Å². The van der Waals surface area contributed by atoms with Crippen molar-refractivity contribution in [2.75, 3.05) is 32.8 Å². The second-order valence-corrected chi connectivity index (χ2v) is 9.71. The lowest BCUT2D eigenvalue weighted by molar-refractivity contribution is 0.246. The minimum atomic E-state index is 0.341. The fourth-order valence-electron chi connectivity index (χ4n) is 4.47. The van der Waals surface area contributed by atoms with Crippen LogP contribution in [0.1, 0.15) is 148 Å². The van der Waals surface area contributed by atoms with Crippen molar-refractivity contribution < 1.29 is 10.2 Å². The largest absolute Gasteiger partial charge is 0.396 e. The summed E-state index contributed by atoms with van der Waals surface area (Å²) in [5.41, 5.74) is 0. The Kier molecular flexibility index (Phi) is 27.8. The predicted octanol–water partition coefficient (Wildman–Crippen LogP) is 7.88. The standard InChI is InChI=1S/C28H59NO2/c1-2-3-4-5-6-7-8-9-10-11-12-13-14-19-24-29(25-20-15-17-22-27-30)26-21-16-18-23-28-31/h30-31H,2-28H2,1H3. The van der Waals surface area contributed by atoms with Gasteiger partial charge in [0.15, 0.2) is 0 Å². The van der Waals surface area contributed by atoms with Crippen LogP contribution >= 0.6 is 0 Å². The van der Waals surface area contributed by atoms with Crippen LogP contribution in [-0.2, 0) is 0 Å². The lowest BCUT2D eigenvalue weighted by Gasteiger charge is -2.22. The summed E-state index contributed by atoms with van der Waals surface area (Å²) in [6.07, 6.45) is 29.3. The SMILES string of the molecule is CCCCCCCCCCCCCCCCN(CCCCCCO)CCCCCCO. The molecule has 0 amide bonds. The van der Waals surface area contributed by atoms with Crippen molar-refractivity contribution in [2.24, 2.45) is 0 Å². The van der Waals surface area contributed by atoms with Gasteiger partial charge in [-0.3, -0.25) is 0 Å². The Morgan fingerprint density at radius 3 is 0.903 bits per heavy atom. The molecule has 0 spiro atoms. The lowest BCUT2D eigenvalue weighted by Crippen LogP contribution is -2.27. The third-order valence-corrected chi connectivity index (χ3v) is 6.59. The minimum absolute atomic E-state index is 0.341. The van der Waals surface area contributed by atoms with Crippen LogP contribution in [-0.4, -0.2) is 48.0 Å². The third-order valence-electron chi connectivity index (χ3n) is 6.59. The van der Waals surface area contributed by atoms with Gasteiger partial charge in [0.25, 0.3) is 0 Å². The van der Waals surface area contributed by atoms with Gasteiger partial charge < -0.3 is 15.1 Å². The summed E-state index contributed by atoms with van der Waals surface area (Å²) in [7, 11) is 0. The zero-order chi connectivity index (χ0) is 22.7. The Morgan fingerprint density at radius 1 is 0.355 bits per heavy atom. The van der Waals surface area contributed by atoms with Crippen molar-refractivity contribution in [1.29, 1.82) is 0 Å². The van der Waals surface area contributed by atoms with Crippen LogP contribution in [0.15, 0.2) is 0 Å². The monoisotopic (exact) mass is 441 g/mol. The van der Waals surface area contributed by atoms with Crippen molar-refractivity contribution in [3.63, 3.8) is 0 Å². The average Bonchev–Trinajstić information content (AvgIpc) is 2.78. The lowest BCUT2D eigenvalue weighted by atomic mass is 10.0. The normalized spacial score (nSPS) is 11.6. The first-order chi connectivity index (χ1) is 15.3. The van der Waals surface area contributed by atoms with Gasteiger partial charge in [0, 0.05) is 13.2 Å². The molecule has 0 aliphatic rings. The number of aliphatic hydroxyl groups is 2. The van der Waals surface area contributed by atoms with Crippen molar-refractivity contribution in [3.8, 4) is 0 Å². The fraction of sp³-hybridized carbons (Fsp3) is 1.00. The van der Waals surface area contributed by atoms with Gasteiger partial charge in [-0.1, -0.05) is 116 Å². The van der Waals surface area contributed by atoms with Gasteiger partial charge in [0.2, 0.25) is 0 Å². The van der Waals surface area contributed by atoms with Crippen molar-refractivity contribution in [2.45, 2.75) is 148 Å². The highest BCUT2D eigenvalue weighted by atomic mass is 16.3. The molecule has 0 aromatic carbocycles. The first kappa shape index (κ1) is 30.9. The molecular formula is C28H59NO2. The molecule has 31 heavy (non-hydrogen) atoms. The molecular weight excluding hydrogens is 382 g/mol. The summed E-state index contributed by atoms with van der Waals surface area (Å²) in [4.78, 5) is 2.68. The highest BCUT2D eigenvalue weighted by molar-refractivity contribution is 4.60. The van der Waals surface area contributed by atoms with Crippen LogP contribution in [0.4, 0.5) is 0 Å². The summed E-state index contributed by atoms with van der Waals surface area (Å²) in [5.74, 6) is 0. The molecule has 0 fully saturated rings. The number of aliphatic hydroxyl groups excluding tert-OH is 2. The van der Waals surface area contributed by atoms with Gasteiger partial charge in [-0.15, -0.1) is 0 Å². The van der Waals surface area contributed by atoms with E-state index in [1.165, 1.54) is 148 Å². The molecule has 0 heterocycles. The number of hydrogen-bond donors (Lipinski definition) is 2. The number of nitrogens with zero attached hydrogens (tertiary/aromatic N) is 1. The Balaban J connectivity index is 3.59. The maximum Gasteiger partial charge on any atom is 0.0431 e. The molecule has 188 valence electrons. The topological polar surface area (TPSA) is 43.7 Å². The van der Waals surface area contributed by atoms with E-state index >= 15 is 0 Å². The van der Waals surface area contributed by atoms with Crippen LogP contribution in [0, 0.1) is 0 Å². The first-order valence-corrected chi connectivity index (χ1v) is 14.3. The predicted molar refractivity (Wildman–Crippen MR) is 138 cm³/mol. The molecule has 0 aliphatic carbocycles. The van der Waals surface area contributed by atoms with Gasteiger partial charge in [-0.05, 0) is 51.7 Å². The maximum atomic E-state index is 8.93. The minimum Gasteiger partial charge on any atom is -0.396 e. The first-order valence-electron chi connectivity index (χ1n) is 14.3.